The molecule has 2 aromatic rings. The van der Waals surface area contributed by atoms with Crippen LogP contribution in [0.25, 0.3) is 0 Å². The number of fused-ring (bicyclic) bond motifs is 1. The summed E-state index contributed by atoms with van der Waals surface area (Å²) in [6.45, 7) is 1.86. The maximum absolute atomic E-state index is 12.8. The number of halogens is 3. The second-order valence-electron chi connectivity index (χ2n) is 7.07. The molecule has 1 aliphatic rings. The van der Waals surface area contributed by atoms with Crippen molar-refractivity contribution in [1.82, 2.24) is 5.32 Å². The van der Waals surface area contributed by atoms with Crippen LogP contribution in [-0.2, 0) is 30.4 Å². The summed E-state index contributed by atoms with van der Waals surface area (Å²) in [6.07, 6.45) is -0.177. The highest BCUT2D eigenvalue weighted by atomic mass is 19.4. The van der Waals surface area contributed by atoms with Crippen molar-refractivity contribution in [3.63, 3.8) is 0 Å². The zero-order valence-electron chi connectivity index (χ0n) is 15.8. The molecule has 150 valence electrons. The van der Waals surface area contributed by atoms with Gasteiger partial charge in [-0.25, -0.2) is 0 Å². The Hall–Kier alpha value is -2.50. The number of amides is 1. The molecule has 2 aromatic carbocycles. The summed E-state index contributed by atoms with van der Waals surface area (Å²) in [5.74, 6) is 0.319. The van der Waals surface area contributed by atoms with Gasteiger partial charge in [0.2, 0.25) is 0 Å². The highest BCUT2D eigenvalue weighted by Crippen LogP contribution is 2.29. The van der Waals surface area contributed by atoms with Crippen molar-refractivity contribution < 1.29 is 22.7 Å². The van der Waals surface area contributed by atoms with Crippen LogP contribution in [0.4, 0.5) is 13.2 Å². The highest BCUT2D eigenvalue weighted by Gasteiger charge is 2.30. The Balaban J connectivity index is 1.61. The summed E-state index contributed by atoms with van der Waals surface area (Å²) >= 11 is 0. The molecule has 0 saturated heterocycles. The Morgan fingerprint density at radius 1 is 1.11 bits per heavy atom. The smallest absolute Gasteiger partial charge is 0.416 e. The number of nitrogens with one attached hydrogen (secondary N) is 1. The number of benzene rings is 2. The largest absolute Gasteiger partial charge is 0.481 e. The van der Waals surface area contributed by atoms with E-state index in [4.69, 9.17) is 4.74 Å². The SMILES string of the molecule is CC[C@H](Oc1ccc2c(c1)CCCC2)C(=O)NCc1cccc(C(F)(F)F)c1. The second kappa shape index (κ2) is 8.67. The first-order valence-corrected chi connectivity index (χ1v) is 9.59. The molecule has 1 amide bonds. The van der Waals surface area contributed by atoms with Crippen LogP contribution in [0.1, 0.15) is 48.4 Å². The molecule has 0 radical (unpaired) electrons. The lowest BCUT2D eigenvalue weighted by molar-refractivity contribution is -0.137. The molecule has 0 aromatic heterocycles. The standard InChI is InChI=1S/C22H24F3NO2/c1-2-20(28-19-11-10-16-7-3-4-8-17(16)13-19)21(27)26-14-15-6-5-9-18(12-15)22(23,24)25/h5-6,9-13,20H,2-4,7-8,14H2,1H3,(H,26,27)/t20-/m0/s1. The maximum Gasteiger partial charge on any atom is 0.416 e. The summed E-state index contributed by atoms with van der Waals surface area (Å²) in [7, 11) is 0. The molecule has 28 heavy (non-hydrogen) atoms. The van der Waals surface area contributed by atoms with E-state index in [1.54, 1.807) is 6.07 Å². The molecule has 0 bridgehead atoms. The van der Waals surface area contributed by atoms with Gasteiger partial charge in [-0.15, -0.1) is 0 Å². The van der Waals surface area contributed by atoms with E-state index in [9.17, 15) is 18.0 Å². The van der Waals surface area contributed by atoms with Gasteiger partial charge in [-0.2, -0.15) is 13.2 Å². The van der Waals surface area contributed by atoms with E-state index in [-0.39, 0.29) is 12.5 Å². The van der Waals surface area contributed by atoms with Gasteiger partial charge in [0.05, 0.1) is 5.56 Å². The van der Waals surface area contributed by atoms with Crippen LogP contribution in [0.2, 0.25) is 0 Å². The lowest BCUT2D eigenvalue weighted by Gasteiger charge is -2.20. The first-order valence-electron chi connectivity index (χ1n) is 9.59. The molecule has 1 atom stereocenters. The third kappa shape index (κ3) is 5.06. The Bertz CT molecular complexity index is 833. The zero-order valence-corrected chi connectivity index (χ0v) is 15.8. The molecule has 0 unspecified atom stereocenters. The number of hydrogen-bond acceptors (Lipinski definition) is 2. The van der Waals surface area contributed by atoms with Crippen molar-refractivity contribution in [2.45, 2.75) is 57.9 Å². The topological polar surface area (TPSA) is 38.3 Å². The number of hydrogen-bond donors (Lipinski definition) is 1. The molecule has 0 aliphatic heterocycles. The molecule has 1 aliphatic carbocycles. The van der Waals surface area contributed by atoms with E-state index < -0.39 is 17.8 Å². The van der Waals surface area contributed by atoms with Crippen molar-refractivity contribution in [3.05, 3.63) is 64.7 Å². The fourth-order valence-electron chi connectivity index (χ4n) is 3.43. The van der Waals surface area contributed by atoms with Gasteiger partial charge in [-0.1, -0.05) is 25.1 Å². The molecular formula is C22H24F3NO2. The predicted octanol–water partition coefficient (Wildman–Crippen LogP) is 5.06. The summed E-state index contributed by atoms with van der Waals surface area (Å²) in [5.41, 5.74) is 2.27. The van der Waals surface area contributed by atoms with Crippen LogP contribution in [-0.4, -0.2) is 12.0 Å². The third-order valence-electron chi connectivity index (χ3n) is 4.98. The Morgan fingerprint density at radius 2 is 1.86 bits per heavy atom. The number of aryl methyl sites for hydroxylation is 2. The van der Waals surface area contributed by atoms with E-state index in [0.29, 0.717) is 17.7 Å². The van der Waals surface area contributed by atoms with Gasteiger partial charge >= 0.3 is 6.18 Å². The van der Waals surface area contributed by atoms with E-state index >= 15 is 0 Å². The maximum atomic E-state index is 12.8. The lowest BCUT2D eigenvalue weighted by Crippen LogP contribution is -2.37. The van der Waals surface area contributed by atoms with Gasteiger partial charge in [-0.3, -0.25) is 4.79 Å². The van der Waals surface area contributed by atoms with Gasteiger partial charge < -0.3 is 10.1 Å². The van der Waals surface area contributed by atoms with Gasteiger partial charge in [0.25, 0.3) is 5.91 Å². The number of rotatable bonds is 6. The summed E-state index contributed by atoms with van der Waals surface area (Å²) in [5, 5.41) is 2.68. The van der Waals surface area contributed by atoms with Crippen molar-refractivity contribution in [3.8, 4) is 5.75 Å². The first kappa shape index (κ1) is 20.2. The van der Waals surface area contributed by atoms with Crippen LogP contribution in [0.3, 0.4) is 0 Å². The predicted molar refractivity (Wildman–Crippen MR) is 101 cm³/mol. The van der Waals surface area contributed by atoms with Gasteiger partial charge in [0.15, 0.2) is 6.10 Å². The van der Waals surface area contributed by atoms with E-state index in [0.717, 1.165) is 31.4 Å². The quantitative estimate of drug-likeness (QED) is 0.748. The van der Waals surface area contributed by atoms with Gasteiger partial charge in [-0.05, 0) is 73.1 Å². The van der Waals surface area contributed by atoms with Crippen LogP contribution in [0, 0.1) is 0 Å². The van der Waals surface area contributed by atoms with Gasteiger partial charge in [0, 0.05) is 6.54 Å². The van der Waals surface area contributed by atoms with Crippen molar-refractivity contribution in [2.75, 3.05) is 0 Å². The molecule has 3 nitrogen and oxygen atoms in total. The van der Waals surface area contributed by atoms with Crippen LogP contribution < -0.4 is 10.1 Å². The van der Waals surface area contributed by atoms with Crippen LogP contribution in [0.15, 0.2) is 42.5 Å². The van der Waals surface area contributed by atoms with Crippen LogP contribution >= 0.6 is 0 Å². The number of carbonyl (C=O) groups excluding carboxylic acids is 1. The summed E-state index contributed by atoms with van der Waals surface area (Å²) < 4.78 is 44.3. The average Bonchev–Trinajstić information content (AvgIpc) is 2.69. The van der Waals surface area contributed by atoms with Crippen LogP contribution in [0.5, 0.6) is 5.75 Å². The third-order valence-corrected chi connectivity index (χ3v) is 4.98. The molecular weight excluding hydrogens is 367 g/mol. The average molecular weight is 391 g/mol. The fourth-order valence-corrected chi connectivity index (χ4v) is 3.43. The zero-order chi connectivity index (χ0) is 20.1. The molecule has 0 spiro atoms. The fraction of sp³-hybridized carbons (Fsp3) is 0.409. The number of alkyl halides is 3. The monoisotopic (exact) mass is 391 g/mol. The van der Waals surface area contributed by atoms with Crippen molar-refractivity contribution in [1.29, 1.82) is 0 Å². The minimum absolute atomic E-state index is 0.0206. The van der Waals surface area contributed by atoms with Gasteiger partial charge in [0.1, 0.15) is 5.75 Å². The molecule has 0 saturated carbocycles. The molecule has 0 fully saturated rings. The Morgan fingerprint density at radius 3 is 2.57 bits per heavy atom. The summed E-state index contributed by atoms with van der Waals surface area (Å²) in [4.78, 5) is 12.5. The summed E-state index contributed by atoms with van der Waals surface area (Å²) in [6, 6.07) is 10.9. The normalized spacial score (nSPS) is 14.9. The van der Waals surface area contributed by atoms with Crippen molar-refractivity contribution >= 4 is 5.91 Å². The van der Waals surface area contributed by atoms with E-state index in [1.807, 2.05) is 19.1 Å². The molecule has 0 heterocycles. The van der Waals surface area contributed by atoms with E-state index in [2.05, 4.69) is 11.4 Å². The molecule has 1 N–H and O–H groups in total. The van der Waals surface area contributed by atoms with Crippen molar-refractivity contribution in [2.24, 2.45) is 0 Å². The highest BCUT2D eigenvalue weighted by molar-refractivity contribution is 5.81. The Labute approximate surface area is 162 Å². The lowest BCUT2D eigenvalue weighted by atomic mass is 9.92. The minimum Gasteiger partial charge on any atom is -0.481 e. The molecule has 3 rings (SSSR count). The Kier molecular flexibility index (Phi) is 6.27. The minimum atomic E-state index is -4.40. The van der Waals surface area contributed by atoms with E-state index in [1.165, 1.54) is 23.6 Å². The molecule has 6 heteroatoms. The second-order valence-corrected chi connectivity index (χ2v) is 7.07. The number of carbonyl (C=O) groups is 1. The first-order chi connectivity index (χ1) is 13.4. The number of ether oxygens (including phenoxy) is 1.